The summed E-state index contributed by atoms with van der Waals surface area (Å²) in [5.41, 5.74) is 6.50. The van der Waals surface area contributed by atoms with Crippen LogP contribution in [0.4, 0.5) is 0 Å². The molecule has 0 aliphatic rings. The Morgan fingerprint density at radius 1 is 1.47 bits per heavy atom. The Morgan fingerprint density at radius 2 is 2.20 bits per heavy atom. The lowest BCUT2D eigenvalue weighted by molar-refractivity contribution is 0.324. The third-order valence-electron chi connectivity index (χ3n) is 1.85. The molecule has 0 saturated carbocycles. The highest BCUT2D eigenvalue weighted by molar-refractivity contribution is 6.29. The lowest BCUT2D eigenvalue weighted by Gasteiger charge is -2.11. The predicted octanol–water partition coefficient (Wildman–Crippen LogP) is 2.29. The van der Waals surface area contributed by atoms with E-state index in [1.807, 2.05) is 18.2 Å². The summed E-state index contributed by atoms with van der Waals surface area (Å²) in [6.45, 7) is 4.26. The van der Waals surface area contributed by atoms with Gasteiger partial charge in [0.2, 0.25) is 0 Å². The first kappa shape index (κ1) is 11.9. The highest BCUT2D eigenvalue weighted by Crippen LogP contribution is 2.28. The summed E-state index contributed by atoms with van der Waals surface area (Å²) in [7, 11) is 1.58. The van der Waals surface area contributed by atoms with Gasteiger partial charge in [-0.2, -0.15) is 0 Å². The van der Waals surface area contributed by atoms with Crippen molar-refractivity contribution >= 4 is 11.6 Å². The van der Waals surface area contributed by atoms with Gasteiger partial charge in [0.15, 0.2) is 11.5 Å². The van der Waals surface area contributed by atoms with Crippen LogP contribution in [-0.4, -0.2) is 13.7 Å². The number of methoxy groups -OCH3 is 1. The van der Waals surface area contributed by atoms with Gasteiger partial charge < -0.3 is 15.2 Å². The standard InChI is InChI=1S/C11H14ClNO2/c1-8(12)7-15-11-5-9(6-13)3-4-10(11)14-2/h3-5H,1,6-7,13H2,2H3. The summed E-state index contributed by atoms with van der Waals surface area (Å²) >= 11 is 5.61. The minimum atomic E-state index is 0.256. The normalized spacial score (nSPS) is 9.80. The van der Waals surface area contributed by atoms with Crippen molar-refractivity contribution in [1.29, 1.82) is 0 Å². The largest absolute Gasteiger partial charge is 0.493 e. The number of benzene rings is 1. The van der Waals surface area contributed by atoms with Gasteiger partial charge in [0.05, 0.1) is 7.11 Å². The van der Waals surface area contributed by atoms with E-state index in [0.717, 1.165) is 5.56 Å². The molecule has 0 spiro atoms. The average Bonchev–Trinajstić information content (AvgIpc) is 2.25. The second-order valence-electron chi connectivity index (χ2n) is 3.00. The lowest BCUT2D eigenvalue weighted by atomic mass is 10.2. The first-order valence-corrected chi connectivity index (χ1v) is 4.88. The molecular formula is C11H14ClNO2. The molecule has 0 fully saturated rings. The van der Waals surface area contributed by atoms with E-state index in [2.05, 4.69) is 6.58 Å². The summed E-state index contributed by atoms with van der Waals surface area (Å²) in [6.07, 6.45) is 0. The first-order chi connectivity index (χ1) is 7.17. The van der Waals surface area contributed by atoms with Crippen LogP contribution in [0, 0.1) is 0 Å². The van der Waals surface area contributed by atoms with E-state index < -0.39 is 0 Å². The van der Waals surface area contributed by atoms with Gasteiger partial charge in [0, 0.05) is 11.6 Å². The van der Waals surface area contributed by atoms with E-state index in [4.69, 9.17) is 26.8 Å². The van der Waals surface area contributed by atoms with Gasteiger partial charge in [-0.25, -0.2) is 0 Å². The molecular weight excluding hydrogens is 214 g/mol. The zero-order valence-electron chi connectivity index (χ0n) is 8.63. The number of ether oxygens (including phenoxy) is 2. The van der Waals surface area contributed by atoms with Crippen molar-refractivity contribution in [2.75, 3.05) is 13.7 Å². The van der Waals surface area contributed by atoms with Crippen LogP contribution in [0.2, 0.25) is 0 Å². The molecule has 82 valence electrons. The molecule has 2 N–H and O–H groups in total. The number of rotatable bonds is 5. The maximum absolute atomic E-state index is 5.61. The number of halogens is 1. The zero-order valence-corrected chi connectivity index (χ0v) is 9.38. The third kappa shape index (κ3) is 3.46. The molecule has 0 bridgehead atoms. The average molecular weight is 228 g/mol. The molecule has 0 atom stereocenters. The van der Waals surface area contributed by atoms with E-state index in [-0.39, 0.29) is 6.61 Å². The molecule has 0 aliphatic carbocycles. The van der Waals surface area contributed by atoms with E-state index in [0.29, 0.717) is 23.1 Å². The van der Waals surface area contributed by atoms with Crippen molar-refractivity contribution in [3.8, 4) is 11.5 Å². The fourth-order valence-corrected chi connectivity index (χ4v) is 1.17. The molecule has 0 saturated heterocycles. The molecule has 0 amide bonds. The van der Waals surface area contributed by atoms with Crippen molar-refractivity contribution < 1.29 is 9.47 Å². The Bertz CT molecular complexity index is 352. The molecule has 4 heteroatoms. The molecule has 1 aromatic carbocycles. The van der Waals surface area contributed by atoms with E-state index >= 15 is 0 Å². The molecule has 0 radical (unpaired) electrons. The summed E-state index contributed by atoms with van der Waals surface area (Å²) in [4.78, 5) is 0. The van der Waals surface area contributed by atoms with Gasteiger partial charge >= 0.3 is 0 Å². The summed E-state index contributed by atoms with van der Waals surface area (Å²) in [5, 5.41) is 0.440. The van der Waals surface area contributed by atoms with Crippen molar-refractivity contribution in [3.63, 3.8) is 0 Å². The predicted molar refractivity (Wildman–Crippen MR) is 61.4 cm³/mol. The minimum Gasteiger partial charge on any atom is -0.493 e. The Morgan fingerprint density at radius 3 is 2.73 bits per heavy atom. The van der Waals surface area contributed by atoms with Crippen molar-refractivity contribution in [3.05, 3.63) is 35.4 Å². The Kier molecular flexibility index (Phi) is 4.46. The van der Waals surface area contributed by atoms with Gasteiger partial charge in [-0.3, -0.25) is 0 Å². The fourth-order valence-electron chi connectivity index (χ4n) is 1.12. The second-order valence-corrected chi connectivity index (χ2v) is 3.53. The van der Waals surface area contributed by atoms with Crippen LogP contribution in [0.3, 0.4) is 0 Å². The smallest absolute Gasteiger partial charge is 0.162 e. The molecule has 3 nitrogen and oxygen atoms in total. The number of hydrogen-bond donors (Lipinski definition) is 1. The van der Waals surface area contributed by atoms with Crippen LogP contribution >= 0.6 is 11.6 Å². The van der Waals surface area contributed by atoms with E-state index in [1.165, 1.54) is 0 Å². The van der Waals surface area contributed by atoms with Gasteiger partial charge in [-0.15, -0.1) is 0 Å². The van der Waals surface area contributed by atoms with Crippen LogP contribution in [0.1, 0.15) is 5.56 Å². The highest BCUT2D eigenvalue weighted by atomic mass is 35.5. The van der Waals surface area contributed by atoms with Crippen molar-refractivity contribution in [2.24, 2.45) is 5.73 Å². The monoisotopic (exact) mass is 227 g/mol. The van der Waals surface area contributed by atoms with Crippen molar-refractivity contribution in [1.82, 2.24) is 0 Å². The minimum absolute atomic E-state index is 0.256. The SMILES string of the molecule is C=C(Cl)COc1cc(CN)ccc1OC. The number of nitrogens with two attached hydrogens (primary N) is 1. The Balaban J connectivity index is 2.85. The van der Waals surface area contributed by atoms with Crippen LogP contribution in [-0.2, 0) is 6.54 Å². The molecule has 1 rings (SSSR count). The van der Waals surface area contributed by atoms with Crippen LogP contribution in [0.15, 0.2) is 29.8 Å². The van der Waals surface area contributed by atoms with Gasteiger partial charge in [-0.1, -0.05) is 24.2 Å². The van der Waals surface area contributed by atoms with Crippen LogP contribution < -0.4 is 15.2 Å². The Labute approximate surface area is 94.4 Å². The maximum Gasteiger partial charge on any atom is 0.162 e. The first-order valence-electron chi connectivity index (χ1n) is 4.50. The molecule has 15 heavy (non-hydrogen) atoms. The fraction of sp³-hybridized carbons (Fsp3) is 0.273. The van der Waals surface area contributed by atoms with Gasteiger partial charge in [-0.05, 0) is 17.7 Å². The van der Waals surface area contributed by atoms with Crippen LogP contribution in [0.5, 0.6) is 11.5 Å². The van der Waals surface area contributed by atoms with Crippen LogP contribution in [0.25, 0.3) is 0 Å². The topological polar surface area (TPSA) is 44.5 Å². The summed E-state index contributed by atoms with van der Waals surface area (Å²) in [6, 6.07) is 5.54. The van der Waals surface area contributed by atoms with Gasteiger partial charge in [0.1, 0.15) is 6.61 Å². The molecule has 1 aromatic rings. The summed E-state index contributed by atoms with van der Waals surface area (Å²) in [5.74, 6) is 1.28. The lowest BCUT2D eigenvalue weighted by Crippen LogP contribution is -2.01. The zero-order chi connectivity index (χ0) is 11.3. The van der Waals surface area contributed by atoms with Crippen molar-refractivity contribution in [2.45, 2.75) is 6.54 Å². The van der Waals surface area contributed by atoms with E-state index in [9.17, 15) is 0 Å². The van der Waals surface area contributed by atoms with E-state index in [1.54, 1.807) is 7.11 Å². The molecule has 0 unspecified atom stereocenters. The molecule has 0 heterocycles. The molecule has 0 aliphatic heterocycles. The number of hydrogen-bond acceptors (Lipinski definition) is 3. The molecule has 0 aromatic heterocycles. The quantitative estimate of drug-likeness (QED) is 0.840. The second kappa shape index (κ2) is 5.63. The Hall–Kier alpha value is -1.19. The summed E-state index contributed by atoms with van der Waals surface area (Å²) < 4.78 is 10.6. The highest BCUT2D eigenvalue weighted by Gasteiger charge is 2.05. The maximum atomic E-state index is 5.61. The third-order valence-corrected chi connectivity index (χ3v) is 1.96. The van der Waals surface area contributed by atoms with Gasteiger partial charge in [0.25, 0.3) is 0 Å².